The van der Waals surface area contributed by atoms with Crippen LogP contribution in [0, 0.1) is 13.8 Å². The number of thiophene rings is 2. The van der Waals surface area contributed by atoms with E-state index in [1.807, 2.05) is 0 Å². The zero-order valence-corrected chi connectivity index (χ0v) is 17.9. The van der Waals surface area contributed by atoms with Crippen molar-refractivity contribution in [3.05, 3.63) is 28.0 Å². The van der Waals surface area contributed by atoms with Gasteiger partial charge in [0.1, 0.15) is 10.6 Å². The van der Waals surface area contributed by atoms with Crippen molar-refractivity contribution in [2.45, 2.75) is 20.8 Å². The second kappa shape index (κ2) is 8.22. The van der Waals surface area contributed by atoms with Crippen molar-refractivity contribution >= 4 is 38.7 Å². The summed E-state index contributed by atoms with van der Waals surface area (Å²) in [5.41, 5.74) is 1.30. The van der Waals surface area contributed by atoms with Crippen LogP contribution in [0.4, 0.5) is 5.82 Å². The van der Waals surface area contributed by atoms with E-state index in [9.17, 15) is 0 Å². The highest BCUT2D eigenvalue weighted by atomic mass is 32.1. The van der Waals surface area contributed by atoms with Gasteiger partial charge in [-0.05, 0) is 37.4 Å². The highest BCUT2D eigenvalue weighted by molar-refractivity contribution is 7.19. The van der Waals surface area contributed by atoms with E-state index >= 15 is 0 Å². The smallest absolute Gasteiger partial charge is 0.173 e. The molecule has 5 nitrogen and oxygen atoms in total. The third-order valence-electron chi connectivity index (χ3n) is 5.40. The lowest BCUT2D eigenvalue weighted by Crippen LogP contribution is -2.47. The molecule has 1 aliphatic heterocycles. The number of likely N-dealkylation sites (N-methyl/N-ethyl adjacent to an activating group) is 1. The summed E-state index contributed by atoms with van der Waals surface area (Å²) in [7, 11) is 0. The van der Waals surface area contributed by atoms with Gasteiger partial charge in [0.15, 0.2) is 5.82 Å². The second-order valence-corrected chi connectivity index (χ2v) is 9.19. The first-order valence-corrected chi connectivity index (χ1v) is 11.4. The molecule has 0 atom stereocenters. The Labute approximate surface area is 169 Å². The van der Waals surface area contributed by atoms with Crippen molar-refractivity contribution in [2.24, 2.45) is 0 Å². The van der Waals surface area contributed by atoms with E-state index in [0.29, 0.717) is 0 Å². The van der Waals surface area contributed by atoms with E-state index in [0.717, 1.165) is 54.1 Å². The summed E-state index contributed by atoms with van der Waals surface area (Å²) in [5.74, 6) is 1.82. The number of aromatic nitrogens is 2. The molecule has 0 amide bonds. The summed E-state index contributed by atoms with van der Waals surface area (Å²) in [6.07, 6.45) is 0. The summed E-state index contributed by atoms with van der Waals surface area (Å²) in [4.78, 5) is 18.3. The average molecular weight is 402 g/mol. The van der Waals surface area contributed by atoms with Gasteiger partial charge in [0.05, 0.1) is 10.3 Å². The lowest BCUT2D eigenvalue weighted by Gasteiger charge is -2.34. The van der Waals surface area contributed by atoms with Gasteiger partial charge in [-0.15, -0.1) is 22.7 Å². The number of piperazine rings is 1. The van der Waals surface area contributed by atoms with E-state index in [-0.39, 0.29) is 0 Å². The molecule has 4 rings (SSSR count). The molecular weight excluding hydrogens is 374 g/mol. The third-order valence-corrected chi connectivity index (χ3v) is 7.37. The Bertz CT molecular complexity index is 895. The molecule has 0 unspecified atom stereocenters. The number of anilines is 1. The van der Waals surface area contributed by atoms with Crippen LogP contribution in [0.3, 0.4) is 0 Å². The van der Waals surface area contributed by atoms with Gasteiger partial charge in [-0.2, -0.15) is 0 Å². The number of aryl methyl sites for hydroxylation is 2. The normalized spacial score (nSPS) is 16.3. The molecule has 3 aromatic rings. The van der Waals surface area contributed by atoms with Crippen LogP contribution in [-0.4, -0.2) is 65.6 Å². The van der Waals surface area contributed by atoms with Crippen LogP contribution in [0.25, 0.3) is 20.9 Å². The third kappa shape index (κ3) is 4.01. The molecule has 0 aliphatic carbocycles. The molecule has 1 N–H and O–H groups in total. The van der Waals surface area contributed by atoms with Crippen molar-refractivity contribution in [3.8, 4) is 10.7 Å². The number of nitrogens with zero attached hydrogens (tertiary/aromatic N) is 4. The molecule has 0 bridgehead atoms. The monoisotopic (exact) mass is 401 g/mol. The highest BCUT2D eigenvalue weighted by Gasteiger charge is 2.17. The number of hydrogen-bond donors (Lipinski definition) is 1. The topological polar surface area (TPSA) is 44.3 Å². The second-order valence-electron chi connectivity index (χ2n) is 7.04. The SMILES string of the molecule is CCN1CCN(CCNc2nc(-c3cccs3)nc3sc(C)c(C)c23)CC1. The Balaban J connectivity index is 1.51. The summed E-state index contributed by atoms with van der Waals surface area (Å²) in [6, 6.07) is 4.15. The summed E-state index contributed by atoms with van der Waals surface area (Å²) in [6.45, 7) is 14.4. The zero-order valence-electron chi connectivity index (χ0n) is 16.3. The largest absolute Gasteiger partial charge is 0.368 e. The van der Waals surface area contributed by atoms with Crippen LogP contribution < -0.4 is 5.32 Å². The summed E-state index contributed by atoms with van der Waals surface area (Å²) >= 11 is 3.46. The molecule has 4 heterocycles. The van der Waals surface area contributed by atoms with Crippen molar-refractivity contribution in [1.29, 1.82) is 0 Å². The van der Waals surface area contributed by atoms with Crippen molar-refractivity contribution in [1.82, 2.24) is 19.8 Å². The van der Waals surface area contributed by atoms with E-state index in [4.69, 9.17) is 9.97 Å². The van der Waals surface area contributed by atoms with Crippen LogP contribution >= 0.6 is 22.7 Å². The Morgan fingerprint density at radius 1 is 1.11 bits per heavy atom. The number of fused-ring (bicyclic) bond motifs is 1. The summed E-state index contributed by atoms with van der Waals surface area (Å²) in [5, 5.41) is 6.89. The van der Waals surface area contributed by atoms with Gasteiger partial charge in [0.2, 0.25) is 0 Å². The van der Waals surface area contributed by atoms with E-state index in [1.54, 1.807) is 22.7 Å². The lowest BCUT2D eigenvalue weighted by atomic mass is 10.2. The van der Waals surface area contributed by atoms with Crippen LogP contribution in [0.15, 0.2) is 17.5 Å². The number of nitrogens with one attached hydrogen (secondary N) is 1. The van der Waals surface area contributed by atoms with Gasteiger partial charge in [0, 0.05) is 44.1 Å². The number of rotatable bonds is 6. The molecule has 144 valence electrons. The molecule has 3 aromatic heterocycles. The predicted molar refractivity (Wildman–Crippen MR) is 117 cm³/mol. The van der Waals surface area contributed by atoms with Gasteiger partial charge in [-0.3, -0.25) is 4.90 Å². The molecule has 0 aromatic carbocycles. The predicted octanol–water partition coefficient (Wildman–Crippen LogP) is 4.09. The molecule has 0 saturated carbocycles. The molecular formula is C20H27N5S2. The fourth-order valence-electron chi connectivity index (χ4n) is 3.56. The maximum atomic E-state index is 4.89. The van der Waals surface area contributed by atoms with Gasteiger partial charge in [-0.25, -0.2) is 9.97 Å². The van der Waals surface area contributed by atoms with Crippen molar-refractivity contribution in [2.75, 3.05) is 51.1 Å². The first-order valence-electron chi connectivity index (χ1n) is 9.66. The Hall–Kier alpha value is -1.54. The summed E-state index contributed by atoms with van der Waals surface area (Å²) < 4.78 is 0. The van der Waals surface area contributed by atoms with E-state index < -0.39 is 0 Å². The molecule has 7 heteroatoms. The van der Waals surface area contributed by atoms with Crippen molar-refractivity contribution in [3.63, 3.8) is 0 Å². The standard InChI is InChI=1S/C20H27N5S2/c1-4-24-9-11-25(12-10-24)8-7-21-19-17-14(2)15(3)27-20(17)23-18(22-19)16-6-5-13-26-16/h5-6,13H,4,7-12H2,1-3H3,(H,21,22,23). The minimum absolute atomic E-state index is 0.831. The first kappa shape index (κ1) is 18.8. The number of hydrogen-bond acceptors (Lipinski definition) is 7. The maximum Gasteiger partial charge on any atom is 0.173 e. The molecule has 27 heavy (non-hydrogen) atoms. The molecule has 0 radical (unpaired) electrons. The zero-order chi connectivity index (χ0) is 18.8. The first-order chi connectivity index (χ1) is 13.2. The fourth-order valence-corrected chi connectivity index (χ4v) is 5.24. The average Bonchev–Trinajstić information content (AvgIpc) is 3.31. The van der Waals surface area contributed by atoms with Gasteiger partial charge >= 0.3 is 0 Å². The van der Waals surface area contributed by atoms with E-state index in [1.165, 1.54) is 28.9 Å². The van der Waals surface area contributed by atoms with Gasteiger partial charge < -0.3 is 10.2 Å². The van der Waals surface area contributed by atoms with Gasteiger partial charge in [0.25, 0.3) is 0 Å². The molecule has 1 aliphatic rings. The minimum atomic E-state index is 0.831. The van der Waals surface area contributed by atoms with Crippen molar-refractivity contribution < 1.29 is 0 Å². The molecule has 0 spiro atoms. The highest BCUT2D eigenvalue weighted by Crippen LogP contribution is 2.35. The fraction of sp³-hybridized carbons (Fsp3) is 0.500. The Morgan fingerprint density at radius 2 is 1.89 bits per heavy atom. The molecule has 1 saturated heterocycles. The van der Waals surface area contributed by atoms with Gasteiger partial charge in [-0.1, -0.05) is 13.0 Å². The minimum Gasteiger partial charge on any atom is -0.368 e. The van der Waals surface area contributed by atoms with Crippen LogP contribution in [0.5, 0.6) is 0 Å². The molecule has 1 fully saturated rings. The Kier molecular flexibility index (Phi) is 5.73. The maximum absolute atomic E-state index is 4.89. The van der Waals surface area contributed by atoms with E-state index in [2.05, 4.69) is 53.4 Å². The Morgan fingerprint density at radius 3 is 2.59 bits per heavy atom. The quantitative estimate of drug-likeness (QED) is 0.674. The lowest BCUT2D eigenvalue weighted by molar-refractivity contribution is 0.141. The van der Waals surface area contributed by atoms with Crippen LogP contribution in [0.2, 0.25) is 0 Å². The van der Waals surface area contributed by atoms with Crippen LogP contribution in [0.1, 0.15) is 17.4 Å². The van der Waals surface area contributed by atoms with Crippen LogP contribution in [-0.2, 0) is 0 Å².